The molecule has 0 fully saturated rings. The molecule has 0 aliphatic heterocycles. The molecule has 1 heterocycles. The number of aromatic nitrogens is 2. The molecular formula is C9H14N2O3S. The smallest absolute Gasteiger partial charge is 0.347 e. The van der Waals surface area contributed by atoms with Gasteiger partial charge in [0.1, 0.15) is 0 Å². The highest BCUT2D eigenvalue weighted by Gasteiger charge is 2.31. The standard InChI is InChI=1S/C9H14N2O3S/c1-9(2,8(12)13)14-7-6(15-4)5-10-11(7)3/h5H,1-4H3,(H,12,13). The molecule has 0 unspecified atom stereocenters. The van der Waals surface area contributed by atoms with Crippen LogP contribution in [0.4, 0.5) is 0 Å². The van der Waals surface area contributed by atoms with Gasteiger partial charge < -0.3 is 9.84 Å². The summed E-state index contributed by atoms with van der Waals surface area (Å²) in [7, 11) is 1.72. The fraction of sp³-hybridized carbons (Fsp3) is 0.556. The largest absolute Gasteiger partial charge is 0.478 e. The lowest BCUT2D eigenvalue weighted by Crippen LogP contribution is -2.38. The van der Waals surface area contributed by atoms with Crippen LogP contribution in [0, 0.1) is 0 Å². The number of hydrogen-bond donors (Lipinski definition) is 1. The maximum atomic E-state index is 10.9. The van der Waals surface area contributed by atoms with E-state index in [9.17, 15) is 4.79 Å². The Hall–Kier alpha value is -1.17. The number of hydrogen-bond acceptors (Lipinski definition) is 4. The van der Waals surface area contributed by atoms with Crippen LogP contribution in [0.1, 0.15) is 13.8 Å². The van der Waals surface area contributed by atoms with Crippen LogP contribution in [0.2, 0.25) is 0 Å². The molecule has 1 N–H and O–H groups in total. The third-order valence-electron chi connectivity index (χ3n) is 1.94. The van der Waals surface area contributed by atoms with E-state index in [1.165, 1.54) is 30.3 Å². The van der Waals surface area contributed by atoms with E-state index in [-0.39, 0.29) is 0 Å². The Morgan fingerprint density at radius 2 is 2.27 bits per heavy atom. The lowest BCUT2D eigenvalue weighted by atomic mass is 10.1. The highest BCUT2D eigenvalue weighted by molar-refractivity contribution is 7.98. The molecule has 0 aliphatic rings. The van der Waals surface area contributed by atoms with Gasteiger partial charge in [-0.3, -0.25) is 0 Å². The molecule has 0 aromatic carbocycles. The average molecular weight is 230 g/mol. The van der Waals surface area contributed by atoms with Crippen molar-refractivity contribution in [3.63, 3.8) is 0 Å². The lowest BCUT2D eigenvalue weighted by Gasteiger charge is -2.21. The van der Waals surface area contributed by atoms with Crippen molar-refractivity contribution in [3.05, 3.63) is 6.20 Å². The van der Waals surface area contributed by atoms with Crippen molar-refractivity contribution in [2.75, 3.05) is 6.26 Å². The van der Waals surface area contributed by atoms with Crippen LogP contribution < -0.4 is 4.74 Å². The van der Waals surface area contributed by atoms with Gasteiger partial charge in [0.2, 0.25) is 11.5 Å². The van der Waals surface area contributed by atoms with Gasteiger partial charge in [-0.05, 0) is 20.1 Å². The Bertz CT molecular complexity index is 373. The molecule has 0 spiro atoms. The van der Waals surface area contributed by atoms with Crippen molar-refractivity contribution in [3.8, 4) is 5.88 Å². The fourth-order valence-electron chi connectivity index (χ4n) is 0.948. The Balaban J connectivity index is 2.98. The molecular weight excluding hydrogens is 216 g/mol. The second kappa shape index (κ2) is 4.14. The third-order valence-corrected chi connectivity index (χ3v) is 2.66. The first-order valence-corrected chi connectivity index (χ1v) is 5.59. The van der Waals surface area contributed by atoms with Gasteiger partial charge >= 0.3 is 5.97 Å². The first kappa shape index (κ1) is 11.9. The molecule has 1 aromatic rings. The summed E-state index contributed by atoms with van der Waals surface area (Å²) in [6.07, 6.45) is 3.54. The zero-order valence-corrected chi connectivity index (χ0v) is 9.96. The normalized spacial score (nSPS) is 11.5. The lowest BCUT2D eigenvalue weighted by molar-refractivity contribution is -0.152. The number of nitrogens with zero attached hydrogens (tertiary/aromatic N) is 2. The van der Waals surface area contributed by atoms with Crippen molar-refractivity contribution < 1.29 is 14.6 Å². The Morgan fingerprint density at radius 1 is 1.67 bits per heavy atom. The van der Waals surface area contributed by atoms with Crippen LogP contribution in [0.3, 0.4) is 0 Å². The second-order valence-corrected chi connectivity index (χ2v) is 4.41. The summed E-state index contributed by atoms with van der Waals surface area (Å²) in [5, 5.41) is 12.9. The summed E-state index contributed by atoms with van der Waals surface area (Å²) in [4.78, 5) is 11.7. The van der Waals surface area contributed by atoms with Crippen molar-refractivity contribution in [1.82, 2.24) is 9.78 Å². The van der Waals surface area contributed by atoms with Crippen LogP contribution in [-0.2, 0) is 11.8 Å². The summed E-state index contributed by atoms with van der Waals surface area (Å²) in [5.74, 6) is -0.523. The molecule has 0 radical (unpaired) electrons. The fourth-order valence-corrected chi connectivity index (χ4v) is 1.45. The SMILES string of the molecule is CSc1cnn(C)c1OC(C)(C)C(=O)O. The van der Waals surface area contributed by atoms with E-state index in [4.69, 9.17) is 9.84 Å². The van der Waals surface area contributed by atoms with E-state index >= 15 is 0 Å². The van der Waals surface area contributed by atoms with Gasteiger partial charge in [0.25, 0.3) is 0 Å². The minimum atomic E-state index is -1.25. The minimum Gasteiger partial charge on any atom is -0.478 e. The number of thioether (sulfide) groups is 1. The maximum Gasteiger partial charge on any atom is 0.347 e. The van der Waals surface area contributed by atoms with Crippen LogP contribution in [-0.4, -0.2) is 32.7 Å². The topological polar surface area (TPSA) is 64.4 Å². The molecule has 84 valence electrons. The Morgan fingerprint density at radius 3 is 2.73 bits per heavy atom. The van der Waals surface area contributed by atoms with E-state index < -0.39 is 11.6 Å². The molecule has 1 aromatic heterocycles. The number of carbonyl (C=O) groups is 1. The van der Waals surface area contributed by atoms with Crippen molar-refractivity contribution >= 4 is 17.7 Å². The van der Waals surface area contributed by atoms with Gasteiger partial charge in [-0.25, -0.2) is 9.48 Å². The number of carboxylic acids is 1. The highest BCUT2D eigenvalue weighted by Crippen LogP contribution is 2.29. The summed E-state index contributed by atoms with van der Waals surface area (Å²) >= 11 is 1.47. The zero-order valence-electron chi connectivity index (χ0n) is 9.14. The summed E-state index contributed by atoms with van der Waals surface area (Å²) in [6, 6.07) is 0. The van der Waals surface area contributed by atoms with Gasteiger partial charge in [0.15, 0.2) is 0 Å². The maximum absolute atomic E-state index is 10.9. The quantitative estimate of drug-likeness (QED) is 0.792. The van der Waals surface area contributed by atoms with Gasteiger partial charge in [-0.1, -0.05) is 0 Å². The molecule has 5 nitrogen and oxygen atoms in total. The van der Waals surface area contributed by atoms with Gasteiger partial charge in [-0.2, -0.15) is 5.10 Å². The van der Waals surface area contributed by atoms with Crippen molar-refractivity contribution in [2.24, 2.45) is 7.05 Å². The molecule has 0 bridgehead atoms. The van der Waals surface area contributed by atoms with Gasteiger partial charge in [-0.15, -0.1) is 11.8 Å². The van der Waals surface area contributed by atoms with Crippen LogP contribution in [0.25, 0.3) is 0 Å². The summed E-state index contributed by atoms with van der Waals surface area (Å²) in [5.41, 5.74) is -1.25. The zero-order chi connectivity index (χ0) is 11.6. The molecule has 0 saturated carbocycles. The molecule has 0 saturated heterocycles. The first-order chi connectivity index (χ1) is 6.88. The summed E-state index contributed by atoms with van der Waals surface area (Å²) in [6.45, 7) is 3.01. The monoisotopic (exact) mass is 230 g/mol. The number of aryl methyl sites for hydroxylation is 1. The Kier molecular flexibility index (Phi) is 3.28. The van der Waals surface area contributed by atoms with Crippen LogP contribution in [0.15, 0.2) is 11.1 Å². The third kappa shape index (κ3) is 2.44. The van der Waals surface area contributed by atoms with Crippen molar-refractivity contribution in [1.29, 1.82) is 0 Å². The first-order valence-electron chi connectivity index (χ1n) is 4.37. The Labute approximate surface area is 92.4 Å². The van der Waals surface area contributed by atoms with E-state index in [1.54, 1.807) is 13.2 Å². The van der Waals surface area contributed by atoms with E-state index in [2.05, 4.69) is 5.10 Å². The molecule has 15 heavy (non-hydrogen) atoms. The van der Waals surface area contributed by atoms with Crippen LogP contribution >= 0.6 is 11.8 Å². The number of aliphatic carboxylic acids is 1. The van der Waals surface area contributed by atoms with Gasteiger partial charge in [0.05, 0.1) is 11.1 Å². The van der Waals surface area contributed by atoms with Crippen LogP contribution in [0.5, 0.6) is 5.88 Å². The van der Waals surface area contributed by atoms with E-state index in [1.807, 2.05) is 6.26 Å². The highest BCUT2D eigenvalue weighted by atomic mass is 32.2. The molecule has 1 rings (SSSR count). The number of rotatable bonds is 4. The van der Waals surface area contributed by atoms with Gasteiger partial charge in [0, 0.05) is 7.05 Å². The predicted octanol–water partition coefficient (Wildman–Crippen LogP) is 1.38. The number of ether oxygens (including phenoxy) is 1. The minimum absolute atomic E-state index is 0.481. The summed E-state index contributed by atoms with van der Waals surface area (Å²) < 4.78 is 6.96. The van der Waals surface area contributed by atoms with Crippen molar-refractivity contribution in [2.45, 2.75) is 24.3 Å². The molecule has 6 heteroatoms. The average Bonchev–Trinajstić information content (AvgIpc) is 2.47. The second-order valence-electron chi connectivity index (χ2n) is 3.56. The van der Waals surface area contributed by atoms with E-state index in [0.29, 0.717) is 5.88 Å². The van der Waals surface area contributed by atoms with E-state index in [0.717, 1.165) is 4.90 Å². The molecule has 0 aliphatic carbocycles. The number of carboxylic acid groups (broad SMARTS) is 1. The predicted molar refractivity (Wildman–Crippen MR) is 57.3 cm³/mol. The molecule has 0 amide bonds. The molecule has 0 atom stereocenters.